The molecule has 0 aliphatic rings. The molecule has 1 atom stereocenters. The molecular weight excluding hydrogens is 673 g/mol. The van der Waals surface area contributed by atoms with Crippen molar-refractivity contribution in [2.75, 3.05) is 13.2 Å². The van der Waals surface area contributed by atoms with Crippen molar-refractivity contribution < 1.29 is 28.6 Å². The number of esters is 3. The summed E-state index contributed by atoms with van der Waals surface area (Å²) in [7, 11) is 0. The molecule has 0 rings (SSSR count). The Bertz CT molecular complexity index is 1090. The smallest absolute Gasteiger partial charge is 0.306 e. The van der Waals surface area contributed by atoms with E-state index in [0.717, 1.165) is 128 Å². The monoisotopic (exact) mass is 751 g/mol. The number of hydrogen-bond acceptors (Lipinski definition) is 6. The second-order valence-corrected chi connectivity index (χ2v) is 13.9. The van der Waals surface area contributed by atoms with E-state index in [2.05, 4.69) is 99.8 Å². The molecule has 0 aliphatic heterocycles. The van der Waals surface area contributed by atoms with Crippen LogP contribution in [0.1, 0.15) is 181 Å². The molecule has 1 unspecified atom stereocenters. The van der Waals surface area contributed by atoms with E-state index in [1.54, 1.807) is 0 Å². The number of allylic oxidation sites excluding steroid dienone is 14. The Morgan fingerprint density at radius 1 is 0.407 bits per heavy atom. The summed E-state index contributed by atoms with van der Waals surface area (Å²) in [5, 5.41) is 0. The van der Waals surface area contributed by atoms with Crippen molar-refractivity contribution in [3.63, 3.8) is 0 Å². The van der Waals surface area contributed by atoms with E-state index < -0.39 is 6.10 Å². The van der Waals surface area contributed by atoms with Crippen LogP contribution in [0.5, 0.6) is 0 Å². The molecule has 54 heavy (non-hydrogen) atoms. The van der Waals surface area contributed by atoms with Crippen LogP contribution >= 0.6 is 0 Å². The molecule has 0 bridgehead atoms. The Labute approximate surface area is 331 Å². The fourth-order valence-electron chi connectivity index (χ4n) is 5.45. The van der Waals surface area contributed by atoms with E-state index in [-0.39, 0.29) is 31.1 Å². The van der Waals surface area contributed by atoms with Crippen molar-refractivity contribution in [1.29, 1.82) is 0 Å². The van der Waals surface area contributed by atoms with Gasteiger partial charge in [-0.1, -0.05) is 164 Å². The highest BCUT2D eigenvalue weighted by Gasteiger charge is 2.19. The summed E-state index contributed by atoms with van der Waals surface area (Å²) in [4.78, 5) is 37.6. The van der Waals surface area contributed by atoms with Crippen molar-refractivity contribution in [3.05, 3.63) is 85.1 Å². The van der Waals surface area contributed by atoms with Crippen LogP contribution in [0, 0.1) is 0 Å². The van der Waals surface area contributed by atoms with Crippen molar-refractivity contribution in [2.24, 2.45) is 0 Å². The molecule has 0 aromatic rings. The second kappa shape index (κ2) is 42.3. The molecule has 0 aromatic heterocycles. The molecule has 0 aliphatic carbocycles. The Morgan fingerprint density at radius 3 is 1.35 bits per heavy atom. The van der Waals surface area contributed by atoms with Crippen LogP contribution in [0.4, 0.5) is 0 Å². The van der Waals surface area contributed by atoms with Gasteiger partial charge in [0.15, 0.2) is 6.10 Å². The zero-order chi connectivity index (χ0) is 39.4. The zero-order valence-corrected chi connectivity index (χ0v) is 34.7. The van der Waals surface area contributed by atoms with Gasteiger partial charge in [0.2, 0.25) is 0 Å². The highest BCUT2D eigenvalue weighted by atomic mass is 16.6. The average molecular weight is 751 g/mol. The maximum absolute atomic E-state index is 12.7. The molecule has 6 heteroatoms. The van der Waals surface area contributed by atoms with Crippen molar-refractivity contribution in [1.82, 2.24) is 0 Å². The normalized spacial score (nSPS) is 12.9. The number of ether oxygens (including phenoxy) is 3. The standard InChI is InChI=1S/C48H78O6/c1-4-7-10-13-16-19-22-24-27-29-32-35-38-41-47(50)53-44-45(43-52-46(49)40-37-34-31-28-25-21-18-15-12-9-6-3)54-48(51)42-39-36-33-30-26-23-20-17-14-11-8-5-2/h7-8,10-11,13,15-22,25,45H,4-6,9,12,14,23-24,26-44H2,1-3H3/b10-7-,11-8-,16-13-,18-15-,20-17-,22-19-,25-21-. The molecular formula is C48H78O6. The first kappa shape index (κ1) is 50.6. The lowest BCUT2D eigenvalue weighted by molar-refractivity contribution is -0.167. The van der Waals surface area contributed by atoms with Crippen LogP contribution in [0.3, 0.4) is 0 Å². The molecule has 0 heterocycles. The molecule has 0 amide bonds. The molecule has 0 fully saturated rings. The third-order valence-corrected chi connectivity index (χ3v) is 8.70. The summed E-state index contributed by atoms with van der Waals surface area (Å²) in [6, 6.07) is 0. The van der Waals surface area contributed by atoms with Crippen LogP contribution in [-0.4, -0.2) is 37.2 Å². The number of hydrogen-bond donors (Lipinski definition) is 0. The Balaban J connectivity index is 4.49. The third-order valence-electron chi connectivity index (χ3n) is 8.70. The molecule has 306 valence electrons. The minimum absolute atomic E-state index is 0.103. The average Bonchev–Trinajstić information content (AvgIpc) is 3.17. The van der Waals surface area contributed by atoms with E-state index in [1.807, 2.05) is 6.08 Å². The second-order valence-electron chi connectivity index (χ2n) is 13.9. The molecule has 0 N–H and O–H groups in total. The molecule has 0 aromatic carbocycles. The number of carbonyl (C=O) groups excluding carboxylic acids is 3. The van der Waals surface area contributed by atoms with Crippen molar-refractivity contribution in [3.8, 4) is 0 Å². The van der Waals surface area contributed by atoms with Gasteiger partial charge in [0.05, 0.1) is 0 Å². The van der Waals surface area contributed by atoms with E-state index in [9.17, 15) is 14.4 Å². The van der Waals surface area contributed by atoms with E-state index in [1.165, 1.54) is 12.8 Å². The number of rotatable bonds is 37. The van der Waals surface area contributed by atoms with Crippen LogP contribution in [0.2, 0.25) is 0 Å². The molecule has 0 saturated heterocycles. The lowest BCUT2D eigenvalue weighted by atomic mass is 10.1. The van der Waals surface area contributed by atoms with Crippen molar-refractivity contribution >= 4 is 17.9 Å². The summed E-state index contributed by atoms with van der Waals surface area (Å²) >= 11 is 0. The molecule has 6 nitrogen and oxygen atoms in total. The van der Waals surface area contributed by atoms with Gasteiger partial charge in [-0.05, 0) is 83.5 Å². The lowest BCUT2D eigenvalue weighted by Crippen LogP contribution is -2.30. The third kappa shape index (κ3) is 39.8. The summed E-state index contributed by atoms with van der Waals surface area (Å²) in [5.74, 6) is -0.977. The van der Waals surface area contributed by atoms with Crippen LogP contribution < -0.4 is 0 Å². The van der Waals surface area contributed by atoms with Gasteiger partial charge in [-0.2, -0.15) is 0 Å². The zero-order valence-electron chi connectivity index (χ0n) is 34.7. The van der Waals surface area contributed by atoms with Crippen molar-refractivity contribution in [2.45, 2.75) is 187 Å². The first-order valence-corrected chi connectivity index (χ1v) is 21.6. The Hall–Kier alpha value is -3.41. The molecule has 0 spiro atoms. The largest absolute Gasteiger partial charge is 0.462 e. The summed E-state index contributed by atoms with van der Waals surface area (Å²) in [5.41, 5.74) is 0. The predicted molar refractivity (Wildman–Crippen MR) is 228 cm³/mol. The topological polar surface area (TPSA) is 78.9 Å². The lowest BCUT2D eigenvalue weighted by Gasteiger charge is -2.18. The van der Waals surface area contributed by atoms with Gasteiger partial charge in [0, 0.05) is 19.3 Å². The van der Waals surface area contributed by atoms with Gasteiger partial charge >= 0.3 is 17.9 Å². The fourth-order valence-corrected chi connectivity index (χ4v) is 5.45. The van der Waals surface area contributed by atoms with Gasteiger partial charge in [-0.3, -0.25) is 14.4 Å². The van der Waals surface area contributed by atoms with E-state index in [4.69, 9.17) is 14.2 Å². The van der Waals surface area contributed by atoms with Gasteiger partial charge in [-0.15, -0.1) is 0 Å². The predicted octanol–water partition coefficient (Wildman–Crippen LogP) is 13.7. The van der Waals surface area contributed by atoms with Crippen LogP contribution in [-0.2, 0) is 28.6 Å². The quantitative estimate of drug-likeness (QED) is 0.0207. The minimum atomic E-state index is -0.801. The number of carbonyl (C=O) groups is 3. The van der Waals surface area contributed by atoms with E-state index >= 15 is 0 Å². The summed E-state index contributed by atoms with van der Waals surface area (Å²) in [6.45, 7) is 6.25. The molecule has 0 saturated carbocycles. The van der Waals surface area contributed by atoms with Crippen LogP contribution in [0.25, 0.3) is 0 Å². The maximum Gasteiger partial charge on any atom is 0.306 e. The van der Waals surface area contributed by atoms with Gasteiger partial charge in [0.1, 0.15) is 13.2 Å². The first-order chi connectivity index (χ1) is 26.5. The van der Waals surface area contributed by atoms with Gasteiger partial charge in [0.25, 0.3) is 0 Å². The highest BCUT2D eigenvalue weighted by molar-refractivity contribution is 5.71. The fraction of sp³-hybridized carbons (Fsp3) is 0.646. The first-order valence-electron chi connectivity index (χ1n) is 21.6. The highest BCUT2D eigenvalue weighted by Crippen LogP contribution is 2.12. The maximum atomic E-state index is 12.7. The van der Waals surface area contributed by atoms with Gasteiger partial charge < -0.3 is 14.2 Å². The summed E-state index contributed by atoms with van der Waals surface area (Å²) < 4.78 is 16.6. The Morgan fingerprint density at radius 2 is 0.815 bits per heavy atom. The molecule has 0 radical (unpaired) electrons. The number of unbranched alkanes of at least 4 members (excludes halogenated alkanes) is 15. The van der Waals surface area contributed by atoms with Gasteiger partial charge in [-0.25, -0.2) is 0 Å². The SMILES string of the molecule is CC\C=C/C=C\C=C/CCCCCCCC(=O)OCC(COC(=O)CCCCC/C=C\C=C/CCCC)OC(=O)CCCCCCC/C=C\C/C=C\CC. The minimum Gasteiger partial charge on any atom is -0.462 e. The van der Waals surface area contributed by atoms with Crippen LogP contribution in [0.15, 0.2) is 85.1 Å². The Kier molecular flexibility index (Phi) is 39.7. The summed E-state index contributed by atoms with van der Waals surface area (Å²) in [6.07, 6.45) is 52.8. The van der Waals surface area contributed by atoms with E-state index in [0.29, 0.717) is 19.3 Å².